The Labute approximate surface area is 134 Å². The molecule has 0 bridgehead atoms. The van der Waals surface area contributed by atoms with Crippen molar-refractivity contribution >= 4 is 5.91 Å². The predicted molar refractivity (Wildman–Crippen MR) is 87.4 cm³/mol. The molecule has 118 valence electrons. The Hall–Kier alpha value is -2.89. The van der Waals surface area contributed by atoms with Gasteiger partial charge >= 0.3 is 0 Å². The molecule has 1 amide bonds. The average molecular weight is 309 g/mol. The molecule has 0 saturated heterocycles. The molecule has 2 aromatic heterocycles. The van der Waals surface area contributed by atoms with E-state index in [9.17, 15) is 4.79 Å². The van der Waals surface area contributed by atoms with E-state index in [1.54, 1.807) is 15.6 Å². The summed E-state index contributed by atoms with van der Waals surface area (Å²) in [6.45, 7) is 4.20. The molecule has 3 aromatic rings. The molecular weight excluding hydrogens is 290 g/mol. The zero-order chi connectivity index (χ0) is 16.4. The van der Waals surface area contributed by atoms with E-state index in [0.29, 0.717) is 17.8 Å². The van der Waals surface area contributed by atoms with Gasteiger partial charge in [0.05, 0.1) is 34.9 Å². The van der Waals surface area contributed by atoms with Crippen LogP contribution in [-0.4, -0.2) is 25.5 Å². The van der Waals surface area contributed by atoms with Crippen LogP contribution in [0.4, 0.5) is 0 Å². The molecular formula is C17H19N5O. The van der Waals surface area contributed by atoms with Crippen molar-refractivity contribution in [3.63, 3.8) is 0 Å². The highest BCUT2D eigenvalue weighted by Gasteiger charge is 2.19. The number of para-hydroxylation sites is 1. The van der Waals surface area contributed by atoms with Crippen LogP contribution < -0.4 is 5.32 Å². The van der Waals surface area contributed by atoms with Gasteiger partial charge in [-0.05, 0) is 32.0 Å². The maximum absolute atomic E-state index is 12.5. The normalized spacial score (nSPS) is 10.7. The van der Waals surface area contributed by atoms with E-state index < -0.39 is 0 Å². The van der Waals surface area contributed by atoms with Gasteiger partial charge in [0.25, 0.3) is 5.91 Å². The smallest absolute Gasteiger partial charge is 0.255 e. The SMILES string of the molecule is Cc1nn(-c2ccccc2)c(C)c1C(=O)NCc1ccnn1C. The topological polar surface area (TPSA) is 64.7 Å². The van der Waals surface area contributed by atoms with Crippen LogP contribution in [0.2, 0.25) is 0 Å². The van der Waals surface area contributed by atoms with Gasteiger partial charge in [-0.1, -0.05) is 18.2 Å². The van der Waals surface area contributed by atoms with Crippen molar-refractivity contribution in [2.75, 3.05) is 0 Å². The summed E-state index contributed by atoms with van der Waals surface area (Å²) >= 11 is 0. The summed E-state index contributed by atoms with van der Waals surface area (Å²) in [5, 5.41) is 11.5. The molecule has 23 heavy (non-hydrogen) atoms. The van der Waals surface area contributed by atoms with Gasteiger partial charge in [0, 0.05) is 13.2 Å². The number of carbonyl (C=O) groups excluding carboxylic acids is 1. The van der Waals surface area contributed by atoms with Gasteiger partial charge in [-0.3, -0.25) is 9.48 Å². The molecule has 3 rings (SSSR count). The van der Waals surface area contributed by atoms with Crippen LogP contribution in [0.5, 0.6) is 0 Å². The number of hydrogen-bond donors (Lipinski definition) is 1. The summed E-state index contributed by atoms with van der Waals surface area (Å²) in [4.78, 5) is 12.5. The fourth-order valence-corrected chi connectivity index (χ4v) is 2.63. The monoisotopic (exact) mass is 309 g/mol. The van der Waals surface area contributed by atoms with Crippen LogP contribution in [-0.2, 0) is 13.6 Å². The first-order valence-corrected chi connectivity index (χ1v) is 7.44. The van der Waals surface area contributed by atoms with Crippen molar-refractivity contribution < 1.29 is 4.79 Å². The zero-order valence-corrected chi connectivity index (χ0v) is 13.4. The van der Waals surface area contributed by atoms with Crippen molar-refractivity contribution in [3.05, 3.63) is 65.2 Å². The molecule has 1 N–H and O–H groups in total. The Bertz CT molecular complexity index is 832. The third-order valence-corrected chi connectivity index (χ3v) is 3.87. The van der Waals surface area contributed by atoms with E-state index in [-0.39, 0.29) is 5.91 Å². The lowest BCUT2D eigenvalue weighted by Crippen LogP contribution is -2.25. The van der Waals surface area contributed by atoms with Crippen LogP contribution >= 0.6 is 0 Å². The summed E-state index contributed by atoms with van der Waals surface area (Å²) < 4.78 is 3.54. The lowest BCUT2D eigenvalue weighted by Gasteiger charge is -2.07. The second kappa shape index (κ2) is 6.08. The van der Waals surface area contributed by atoms with E-state index in [0.717, 1.165) is 17.1 Å². The quantitative estimate of drug-likeness (QED) is 0.803. The van der Waals surface area contributed by atoms with Crippen LogP contribution in [0.3, 0.4) is 0 Å². The number of aryl methyl sites for hydroxylation is 2. The number of benzene rings is 1. The van der Waals surface area contributed by atoms with Gasteiger partial charge in [0.2, 0.25) is 0 Å². The molecule has 1 aromatic carbocycles. The number of amides is 1. The van der Waals surface area contributed by atoms with Crippen LogP contribution in [0.15, 0.2) is 42.6 Å². The molecule has 0 radical (unpaired) electrons. The fraction of sp³-hybridized carbons (Fsp3) is 0.235. The molecule has 0 spiro atoms. The van der Waals surface area contributed by atoms with Crippen LogP contribution in [0.25, 0.3) is 5.69 Å². The molecule has 6 heteroatoms. The molecule has 0 atom stereocenters. The molecule has 0 aliphatic carbocycles. The lowest BCUT2D eigenvalue weighted by atomic mass is 10.2. The maximum Gasteiger partial charge on any atom is 0.255 e. The summed E-state index contributed by atoms with van der Waals surface area (Å²) in [5.74, 6) is -0.122. The molecule has 0 fully saturated rings. The number of nitrogens with zero attached hydrogens (tertiary/aromatic N) is 4. The zero-order valence-electron chi connectivity index (χ0n) is 13.4. The highest BCUT2D eigenvalue weighted by atomic mass is 16.1. The lowest BCUT2D eigenvalue weighted by molar-refractivity contribution is 0.0949. The van der Waals surface area contributed by atoms with E-state index in [4.69, 9.17) is 0 Å². The van der Waals surface area contributed by atoms with Gasteiger partial charge in [0.1, 0.15) is 0 Å². The molecule has 6 nitrogen and oxygen atoms in total. The Morgan fingerprint density at radius 3 is 2.57 bits per heavy atom. The largest absolute Gasteiger partial charge is 0.346 e. The van der Waals surface area contributed by atoms with Gasteiger partial charge < -0.3 is 5.32 Å². The standard InChI is InChI=1S/C17H19N5O/c1-12-16(17(23)18-11-15-9-10-19-21(15)3)13(2)22(20-12)14-7-5-4-6-8-14/h4-10H,11H2,1-3H3,(H,18,23). The van der Waals surface area contributed by atoms with Gasteiger partial charge in [-0.25, -0.2) is 4.68 Å². The first-order chi connectivity index (χ1) is 11.1. The van der Waals surface area contributed by atoms with Crippen LogP contribution in [0, 0.1) is 13.8 Å². The van der Waals surface area contributed by atoms with Crippen molar-refractivity contribution in [2.24, 2.45) is 7.05 Å². The molecule has 2 heterocycles. The molecule has 0 saturated carbocycles. The minimum atomic E-state index is -0.122. The van der Waals surface area contributed by atoms with E-state index in [2.05, 4.69) is 15.5 Å². The summed E-state index contributed by atoms with van der Waals surface area (Å²) in [5.41, 5.74) is 4.06. The first-order valence-electron chi connectivity index (χ1n) is 7.44. The Morgan fingerprint density at radius 1 is 1.17 bits per heavy atom. The summed E-state index contributed by atoms with van der Waals surface area (Å²) in [7, 11) is 1.85. The minimum absolute atomic E-state index is 0.122. The Morgan fingerprint density at radius 2 is 1.91 bits per heavy atom. The number of rotatable bonds is 4. The van der Waals surface area contributed by atoms with E-state index in [1.807, 2.05) is 57.3 Å². The van der Waals surface area contributed by atoms with E-state index >= 15 is 0 Å². The highest BCUT2D eigenvalue weighted by molar-refractivity contribution is 5.96. The Kier molecular flexibility index (Phi) is 3.97. The van der Waals surface area contributed by atoms with Gasteiger partial charge in [-0.15, -0.1) is 0 Å². The molecule has 0 aliphatic rings. The van der Waals surface area contributed by atoms with Gasteiger partial charge in [-0.2, -0.15) is 10.2 Å². The van der Waals surface area contributed by atoms with E-state index in [1.165, 1.54) is 0 Å². The van der Waals surface area contributed by atoms with Gasteiger partial charge in [0.15, 0.2) is 0 Å². The molecule has 0 aliphatic heterocycles. The summed E-state index contributed by atoms with van der Waals surface area (Å²) in [6.07, 6.45) is 1.71. The number of nitrogens with one attached hydrogen (secondary N) is 1. The fourth-order valence-electron chi connectivity index (χ4n) is 2.63. The average Bonchev–Trinajstić information content (AvgIpc) is 3.09. The van der Waals surface area contributed by atoms with Crippen molar-refractivity contribution in [1.29, 1.82) is 0 Å². The van der Waals surface area contributed by atoms with Crippen molar-refractivity contribution in [2.45, 2.75) is 20.4 Å². The second-order valence-electron chi connectivity index (χ2n) is 5.42. The first kappa shape index (κ1) is 15.0. The summed E-state index contributed by atoms with van der Waals surface area (Å²) in [6, 6.07) is 11.7. The number of hydrogen-bond acceptors (Lipinski definition) is 3. The van der Waals surface area contributed by atoms with Crippen molar-refractivity contribution in [3.8, 4) is 5.69 Å². The molecule has 0 unspecified atom stereocenters. The van der Waals surface area contributed by atoms with Crippen molar-refractivity contribution in [1.82, 2.24) is 24.9 Å². The van der Waals surface area contributed by atoms with Crippen LogP contribution in [0.1, 0.15) is 27.4 Å². The predicted octanol–water partition coefficient (Wildman–Crippen LogP) is 2.15. The third-order valence-electron chi connectivity index (χ3n) is 3.87. The second-order valence-corrected chi connectivity index (χ2v) is 5.42. The third kappa shape index (κ3) is 2.88. The number of carbonyl (C=O) groups is 1. The highest BCUT2D eigenvalue weighted by Crippen LogP contribution is 2.17. The Balaban J connectivity index is 1.84. The maximum atomic E-state index is 12.5. The minimum Gasteiger partial charge on any atom is -0.346 e. The number of aromatic nitrogens is 4.